The first-order valence-corrected chi connectivity index (χ1v) is 4.62. The molecule has 0 saturated carbocycles. The Morgan fingerprint density at radius 1 is 1.35 bits per heavy atom. The van der Waals surface area contributed by atoms with Crippen LogP contribution in [0.4, 0.5) is 10.1 Å². The molecule has 1 rings (SSSR count). The number of nitrogens with zero attached hydrogens (tertiary/aromatic N) is 3. The highest BCUT2D eigenvalue weighted by molar-refractivity contribution is 5.88. The van der Waals surface area contributed by atoms with Gasteiger partial charge >= 0.3 is 5.97 Å². The van der Waals surface area contributed by atoms with Gasteiger partial charge in [0.1, 0.15) is 18.9 Å². The molecule has 0 saturated heterocycles. The summed E-state index contributed by atoms with van der Waals surface area (Å²) < 4.78 is 13.6. The van der Waals surface area contributed by atoms with E-state index in [1.807, 2.05) is 12.1 Å². The largest absolute Gasteiger partial charge is 0.478 e. The van der Waals surface area contributed by atoms with Gasteiger partial charge in [0.2, 0.25) is 0 Å². The predicted octanol–water partition coefficient (Wildman–Crippen LogP) is 1.38. The van der Waals surface area contributed by atoms with Crippen LogP contribution in [0.25, 0.3) is 0 Å². The number of anilines is 1. The molecule has 0 spiro atoms. The monoisotopic (exact) mass is 233 g/mol. The lowest BCUT2D eigenvalue weighted by Gasteiger charge is -2.18. The zero-order chi connectivity index (χ0) is 12.8. The summed E-state index contributed by atoms with van der Waals surface area (Å²) >= 11 is 0. The van der Waals surface area contributed by atoms with Crippen LogP contribution in [-0.2, 0) is 0 Å². The van der Waals surface area contributed by atoms with E-state index in [0.29, 0.717) is 0 Å². The zero-order valence-corrected chi connectivity index (χ0v) is 8.72. The molecule has 1 aromatic rings. The number of halogens is 1. The lowest BCUT2D eigenvalue weighted by Crippen LogP contribution is -2.24. The predicted molar refractivity (Wildman–Crippen MR) is 56.8 cm³/mol. The van der Waals surface area contributed by atoms with Crippen molar-refractivity contribution in [1.82, 2.24) is 0 Å². The standard InChI is InChI=1S/C11H8FN3O2/c12-9-7-8(11(16)17)1-2-10(9)15(5-3-13)6-4-14/h1-2,7H,5-6H2,(H,16,17). The van der Waals surface area contributed by atoms with Crippen molar-refractivity contribution in [1.29, 1.82) is 10.5 Å². The van der Waals surface area contributed by atoms with E-state index >= 15 is 0 Å². The first-order valence-electron chi connectivity index (χ1n) is 4.62. The third-order valence-electron chi connectivity index (χ3n) is 2.06. The number of aromatic carboxylic acids is 1. The van der Waals surface area contributed by atoms with Crippen LogP contribution in [0.1, 0.15) is 10.4 Å². The van der Waals surface area contributed by atoms with E-state index in [9.17, 15) is 9.18 Å². The lowest BCUT2D eigenvalue weighted by molar-refractivity contribution is 0.0696. The number of carboxylic acids is 1. The first-order chi connectivity index (χ1) is 8.10. The van der Waals surface area contributed by atoms with Crippen LogP contribution in [0.2, 0.25) is 0 Å². The van der Waals surface area contributed by atoms with E-state index < -0.39 is 11.8 Å². The Morgan fingerprint density at radius 3 is 2.35 bits per heavy atom. The highest BCUT2D eigenvalue weighted by Gasteiger charge is 2.13. The summed E-state index contributed by atoms with van der Waals surface area (Å²) in [5.41, 5.74) is -0.141. The molecule has 0 atom stereocenters. The summed E-state index contributed by atoms with van der Waals surface area (Å²) in [5.74, 6) is -2.00. The second-order valence-corrected chi connectivity index (χ2v) is 3.14. The molecule has 0 aliphatic rings. The third kappa shape index (κ3) is 2.93. The van der Waals surface area contributed by atoms with Crippen molar-refractivity contribution in [3.05, 3.63) is 29.6 Å². The fraction of sp³-hybridized carbons (Fsp3) is 0.182. The number of rotatable bonds is 4. The van der Waals surface area contributed by atoms with Crippen LogP contribution in [0, 0.1) is 28.5 Å². The lowest BCUT2D eigenvalue weighted by atomic mass is 10.2. The number of hydrogen-bond donors (Lipinski definition) is 1. The highest BCUT2D eigenvalue weighted by Crippen LogP contribution is 2.20. The van der Waals surface area contributed by atoms with Crippen molar-refractivity contribution in [2.45, 2.75) is 0 Å². The smallest absolute Gasteiger partial charge is 0.335 e. The molecule has 0 amide bonds. The van der Waals surface area contributed by atoms with Gasteiger partial charge in [0.15, 0.2) is 0 Å². The van der Waals surface area contributed by atoms with E-state index in [-0.39, 0.29) is 24.3 Å². The number of benzene rings is 1. The summed E-state index contributed by atoms with van der Waals surface area (Å²) in [6.45, 7) is -0.284. The average molecular weight is 233 g/mol. The Hall–Kier alpha value is -2.60. The van der Waals surface area contributed by atoms with Gasteiger partial charge in [0.25, 0.3) is 0 Å². The van der Waals surface area contributed by atoms with Gasteiger partial charge < -0.3 is 10.0 Å². The van der Waals surface area contributed by atoms with Gasteiger partial charge in [-0.15, -0.1) is 0 Å². The minimum atomic E-state index is -1.23. The van der Waals surface area contributed by atoms with Crippen molar-refractivity contribution in [2.75, 3.05) is 18.0 Å². The van der Waals surface area contributed by atoms with Crippen LogP contribution in [0.15, 0.2) is 18.2 Å². The van der Waals surface area contributed by atoms with Crippen molar-refractivity contribution < 1.29 is 14.3 Å². The number of hydrogen-bond acceptors (Lipinski definition) is 4. The van der Waals surface area contributed by atoms with Gasteiger partial charge in [-0.2, -0.15) is 10.5 Å². The summed E-state index contributed by atoms with van der Waals surface area (Å²) in [6.07, 6.45) is 0. The van der Waals surface area contributed by atoms with E-state index in [2.05, 4.69) is 0 Å². The number of carbonyl (C=O) groups is 1. The molecule has 17 heavy (non-hydrogen) atoms. The Balaban J connectivity index is 3.09. The topological polar surface area (TPSA) is 88.1 Å². The van der Waals surface area contributed by atoms with Crippen molar-refractivity contribution in [3.63, 3.8) is 0 Å². The van der Waals surface area contributed by atoms with Crippen LogP contribution in [0.5, 0.6) is 0 Å². The number of nitriles is 2. The third-order valence-corrected chi connectivity index (χ3v) is 2.06. The van der Waals surface area contributed by atoms with Gasteiger partial charge in [-0.05, 0) is 18.2 Å². The van der Waals surface area contributed by atoms with E-state index in [4.69, 9.17) is 15.6 Å². The zero-order valence-electron chi connectivity index (χ0n) is 8.72. The van der Waals surface area contributed by atoms with E-state index in [1.54, 1.807) is 0 Å². The molecule has 0 unspecified atom stereocenters. The fourth-order valence-electron chi connectivity index (χ4n) is 1.29. The van der Waals surface area contributed by atoms with Crippen molar-refractivity contribution >= 4 is 11.7 Å². The van der Waals surface area contributed by atoms with Gasteiger partial charge in [0, 0.05) is 0 Å². The fourth-order valence-corrected chi connectivity index (χ4v) is 1.29. The molecular formula is C11H8FN3O2. The normalized spacial score (nSPS) is 9.12. The maximum absolute atomic E-state index is 13.6. The molecule has 0 radical (unpaired) electrons. The summed E-state index contributed by atoms with van der Waals surface area (Å²) in [7, 11) is 0. The van der Waals surface area contributed by atoms with Crippen LogP contribution in [0.3, 0.4) is 0 Å². The molecule has 0 aromatic heterocycles. The van der Waals surface area contributed by atoms with Gasteiger partial charge in [0.05, 0.1) is 23.4 Å². The second-order valence-electron chi connectivity index (χ2n) is 3.14. The molecule has 1 N–H and O–H groups in total. The minimum absolute atomic E-state index is 0.0399. The van der Waals surface area contributed by atoms with Crippen LogP contribution in [-0.4, -0.2) is 24.2 Å². The summed E-state index contributed by atoms with van der Waals surface area (Å²) in [6, 6.07) is 6.94. The number of carboxylic acid groups (broad SMARTS) is 1. The Labute approximate surface area is 96.9 Å². The summed E-state index contributed by atoms with van der Waals surface area (Å²) in [4.78, 5) is 11.8. The highest BCUT2D eigenvalue weighted by atomic mass is 19.1. The Kier molecular flexibility index (Phi) is 4.02. The molecule has 0 heterocycles. The maximum Gasteiger partial charge on any atom is 0.335 e. The molecule has 1 aromatic carbocycles. The van der Waals surface area contributed by atoms with Gasteiger partial charge in [-0.25, -0.2) is 9.18 Å². The molecule has 0 bridgehead atoms. The van der Waals surface area contributed by atoms with Crippen LogP contribution < -0.4 is 4.90 Å². The molecule has 86 valence electrons. The Bertz CT molecular complexity index is 500. The van der Waals surface area contributed by atoms with Crippen molar-refractivity contribution in [3.8, 4) is 12.1 Å². The van der Waals surface area contributed by atoms with E-state index in [0.717, 1.165) is 6.07 Å². The molecular weight excluding hydrogens is 225 g/mol. The van der Waals surface area contributed by atoms with Crippen molar-refractivity contribution in [2.24, 2.45) is 0 Å². The Morgan fingerprint density at radius 2 is 1.94 bits per heavy atom. The van der Waals surface area contributed by atoms with Gasteiger partial charge in [-0.1, -0.05) is 0 Å². The molecule has 5 nitrogen and oxygen atoms in total. The van der Waals surface area contributed by atoms with Gasteiger partial charge in [-0.3, -0.25) is 0 Å². The second kappa shape index (κ2) is 5.47. The maximum atomic E-state index is 13.6. The molecule has 0 aliphatic heterocycles. The summed E-state index contributed by atoms with van der Waals surface area (Å²) in [5, 5.41) is 25.7. The molecule has 0 fully saturated rings. The average Bonchev–Trinajstić information content (AvgIpc) is 2.28. The molecule has 0 aliphatic carbocycles. The molecule has 6 heteroatoms. The minimum Gasteiger partial charge on any atom is -0.478 e. The van der Waals surface area contributed by atoms with E-state index in [1.165, 1.54) is 17.0 Å². The SMILES string of the molecule is N#CCN(CC#N)c1ccc(C(=O)O)cc1F. The van der Waals surface area contributed by atoms with Crippen LogP contribution >= 0.6 is 0 Å². The first kappa shape index (κ1) is 12.5. The quantitative estimate of drug-likeness (QED) is 0.793.